The van der Waals surface area contributed by atoms with Crippen molar-refractivity contribution >= 4 is 23.6 Å². The second kappa shape index (κ2) is 20.1. The van der Waals surface area contributed by atoms with Crippen molar-refractivity contribution in [2.24, 2.45) is 35.0 Å². The Morgan fingerprint density at radius 2 is 1.95 bits per heavy atom. The van der Waals surface area contributed by atoms with Crippen LogP contribution in [0.1, 0.15) is 86.5 Å². The number of nitrogens with zero attached hydrogens (tertiary/aromatic N) is 1. The second-order valence-electron chi connectivity index (χ2n) is 12.7. The van der Waals surface area contributed by atoms with E-state index in [9.17, 15) is 9.59 Å². The van der Waals surface area contributed by atoms with E-state index in [4.69, 9.17) is 16.3 Å². The number of alkyl halides is 3. The maximum atomic E-state index is 13.7. The predicted octanol–water partition coefficient (Wildman–Crippen LogP) is 0.846. The van der Waals surface area contributed by atoms with Crippen molar-refractivity contribution in [3.63, 3.8) is 0 Å². The Morgan fingerprint density at radius 3 is 2.60 bits per heavy atom. The van der Waals surface area contributed by atoms with Crippen molar-refractivity contribution in [2.45, 2.75) is 92.5 Å². The van der Waals surface area contributed by atoms with E-state index < -0.39 is 0 Å². The first-order valence-corrected chi connectivity index (χ1v) is 22.6. The minimum absolute atomic E-state index is 0.0942. The van der Waals surface area contributed by atoms with Crippen molar-refractivity contribution in [3.05, 3.63) is 23.3 Å². The van der Waals surface area contributed by atoms with Gasteiger partial charge in [0.2, 0.25) is 0 Å². The molecule has 0 radical (unpaired) electrons. The molecule has 2 aliphatic rings. The van der Waals surface area contributed by atoms with Gasteiger partial charge in [-0.2, -0.15) is 0 Å². The van der Waals surface area contributed by atoms with Crippen LogP contribution in [0.15, 0.2) is 23.3 Å². The van der Waals surface area contributed by atoms with Crippen LogP contribution in [-0.4, -0.2) is 61.2 Å². The van der Waals surface area contributed by atoms with E-state index in [0.717, 1.165) is 74.0 Å². The van der Waals surface area contributed by atoms with Crippen LogP contribution in [0.3, 0.4) is 0 Å². The minimum atomic E-state index is -0.355. The Kier molecular flexibility index (Phi) is 18.3. The molecule has 9 heteroatoms. The summed E-state index contributed by atoms with van der Waals surface area (Å²) in [6, 6.07) is -0.0942. The van der Waals surface area contributed by atoms with Gasteiger partial charge in [-0.3, -0.25) is 0 Å². The van der Waals surface area contributed by atoms with Gasteiger partial charge in [-0.05, 0) is 0 Å². The third kappa shape index (κ3) is 12.4. The first kappa shape index (κ1) is 38.1. The molecule has 42 heavy (non-hydrogen) atoms. The van der Waals surface area contributed by atoms with Crippen LogP contribution in [0.25, 0.3) is 0 Å². The Bertz CT molecular complexity index is 877. The van der Waals surface area contributed by atoms with Gasteiger partial charge >= 0.3 is 285 Å². The van der Waals surface area contributed by atoms with Gasteiger partial charge in [-0.15, -0.1) is 0 Å². The summed E-state index contributed by atoms with van der Waals surface area (Å²) in [4.78, 5) is 28.9. The van der Waals surface area contributed by atoms with Crippen molar-refractivity contribution in [1.82, 2.24) is 13.7 Å². The molecule has 246 valence electrons. The van der Waals surface area contributed by atoms with E-state index in [1.54, 1.807) is 0 Å². The average Bonchev–Trinajstić information content (AvgIpc) is 2.99. The number of carbonyl (C=O) groups is 2. The Labute approximate surface area is 283 Å². The number of alkyl carbamates (subject to hydrolysis) is 1. The molecule has 6 nitrogen and oxygen atoms in total. The standard InChI is InChI=1S/C33H58ClI2N3O3/c1-8-10-27(22-35-7)23-42-32(41)38-26(5)33(6)17-13-30(34)12-11-28(25(33)4)16-20-39(36-21-24(3)9-2)31(40)29-14-18-37-19-15-29/h11-13,24-29,37H,8-10,14-23H2,1-7H3,(H,38,41)/q-2/t24-,25-,26+,27+,28?,33-/m1/s1. The molecule has 1 heterocycles. The number of ether oxygens (including phenoxy) is 1. The Hall–Kier alpha value is -0.0700. The van der Waals surface area contributed by atoms with Crippen LogP contribution in [0.5, 0.6) is 0 Å². The molecule has 1 aliphatic carbocycles. The number of allylic oxidation sites excluding steroid dienone is 4. The topological polar surface area (TPSA) is 70.7 Å². The molecule has 2 amide bonds. The number of hydrogen-bond acceptors (Lipinski definition) is 4. The third-order valence-corrected chi connectivity index (χ3v) is 15.6. The number of rotatable bonds is 16. The summed E-state index contributed by atoms with van der Waals surface area (Å²) < 4.78 is 10.3. The monoisotopic (exact) mass is 833 g/mol. The van der Waals surface area contributed by atoms with Crippen LogP contribution >= 0.6 is 11.6 Å². The molecule has 1 unspecified atom stereocenters. The molecule has 1 aliphatic heterocycles. The first-order valence-electron chi connectivity index (χ1n) is 16.1. The fourth-order valence-corrected chi connectivity index (χ4v) is 11.0. The molecule has 0 spiro atoms. The molecule has 0 aromatic carbocycles. The zero-order valence-electron chi connectivity index (χ0n) is 27.2. The molecular weight excluding hydrogens is 776 g/mol. The van der Waals surface area contributed by atoms with Crippen LogP contribution in [0, 0.1) is 35.0 Å². The van der Waals surface area contributed by atoms with E-state index in [-0.39, 0.29) is 78.0 Å². The average molecular weight is 834 g/mol. The summed E-state index contributed by atoms with van der Waals surface area (Å²) in [6.45, 7) is 16.6. The number of carbonyl (C=O) groups excluding carboxylic acids is 2. The molecule has 2 N–H and O–H groups in total. The Balaban J connectivity index is 2.13. The van der Waals surface area contributed by atoms with E-state index in [1.165, 1.54) is 4.43 Å². The molecule has 1 fully saturated rings. The summed E-state index contributed by atoms with van der Waals surface area (Å²) in [7, 11) is 0. The summed E-state index contributed by atoms with van der Waals surface area (Å²) >= 11 is 6.43. The normalized spacial score (nSPS) is 25.7. The van der Waals surface area contributed by atoms with Gasteiger partial charge in [-0.25, -0.2) is 0 Å². The second-order valence-corrected chi connectivity index (χ2v) is 18.2. The predicted molar refractivity (Wildman–Crippen MR) is 168 cm³/mol. The number of halogens is 3. The van der Waals surface area contributed by atoms with Crippen LogP contribution in [0.2, 0.25) is 0 Å². The van der Waals surface area contributed by atoms with Crippen molar-refractivity contribution in [1.29, 1.82) is 0 Å². The molecular formula is C33H58ClI2N3O3-2. The summed E-state index contributed by atoms with van der Waals surface area (Å²) in [5, 5.41) is 7.34. The van der Waals surface area contributed by atoms with Crippen molar-refractivity contribution < 1.29 is 57.0 Å². The van der Waals surface area contributed by atoms with E-state index in [2.05, 4.69) is 72.4 Å². The van der Waals surface area contributed by atoms with E-state index in [0.29, 0.717) is 24.3 Å². The summed E-state index contributed by atoms with van der Waals surface area (Å²) in [6.07, 6.45) is 13.0. The SMILES string of the molecule is CCC[C@H](COC(=O)N[C@@H](C)[C@]1(C)CC=C(Cl)C=CC(CCN([I-]C[C@H](C)CC)C(=O)C2CCNCC2)[C@H]1C)C[I-]C. The van der Waals surface area contributed by atoms with Gasteiger partial charge in [0.25, 0.3) is 0 Å². The number of nitrogens with one attached hydrogen (secondary N) is 2. The van der Waals surface area contributed by atoms with Crippen molar-refractivity contribution in [3.8, 4) is 0 Å². The number of amides is 2. The maximum absolute atomic E-state index is 13.7. The number of piperidine rings is 1. The van der Waals surface area contributed by atoms with E-state index in [1.807, 2.05) is 6.08 Å². The van der Waals surface area contributed by atoms with Crippen LogP contribution < -0.4 is 53.3 Å². The van der Waals surface area contributed by atoms with Gasteiger partial charge in [0.1, 0.15) is 0 Å². The summed E-state index contributed by atoms with van der Waals surface area (Å²) in [5.41, 5.74) is -0.220. The third-order valence-electron chi connectivity index (χ3n) is 9.52. The molecule has 2 rings (SSSR count). The quantitative estimate of drug-likeness (QED) is 0.138. The summed E-state index contributed by atoms with van der Waals surface area (Å²) in [5.74, 6) is 2.17. The molecule has 0 saturated carbocycles. The fraction of sp³-hybridized carbons (Fsp3) is 0.818. The van der Waals surface area contributed by atoms with Crippen LogP contribution in [0.4, 0.5) is 4.79 Å². The van der Waals surface area contributed by atoms with Crippen molar-refractivity contribution in [2.75, 3.05) is 40.0 Å². The molecule has 6 atom stereocenters. The molecule has 0 aromatic rings. The van der Waals surface area contributed by atoms with Gasteiger partial charge < -0.3 is 0 Å². The number of hydrogen-bond donors (Lipinski definition) is 2. The molecule has 1 saturated heterocycles. The Morgan fingerprint density at radius 1 is 1.24 bits per heavy atom. The zero-order chi connectivity index (χ0) is 31.1. The van der Waals surface area contributed by atoms with Crippen LogP contribution in [-0.2, 0) is 9.53 Å². The molecule has 0 bridgehead atoms. The fourth-order valence-electron chi connectivity index (χ4n) is 5.84. The van der Waals surface area contributed by atoms with Gasteiger partial charge in [0, 0.05) is 0 Å². The molecule has 0 aromatic heterocycles. The zero-order valence-corrected chi connectivity index (χ0v) is 32.3. The first-order chi connectivity index (χ1) is 20.0. The van der Waals surface area contributed by atoms with E-state index >= 15 is 0 Å². The van der Waals surface area contributed by atoms with Gasteiger partial charge in [-0.1, -0.05) is 0 Å². The van der Waals surface area contributed by atoms with Gasteiger partial charge in [0.05, 0.1) is 0 Å². The van der Waals surface area contributed by atoms with Gasteiger partial charge in [0.15, 0.2) is 0 Å².